The molecule has 0 spiro atoms. The third-order valence-corrected chi connectivity index (χ3v) is 5.54. The van der Waals surface area contributed by atoms with Gasteiger partial charge in [0, 0.05) is 38.8 Å². The molecule has 161 valence electrons. The molecule has 0 N–H and O–H groups in total. The number of Topliss-reactive ketones (excluding diaryl/α,β-unsaturated/α-hetero) is 2. The number of thiol groups is 1. The van der Waals surface area contributed by atoms with E-state index in [-0.39, 0.29) is 11.6 Å². The van der Waals surface area contributed by atoms with Crippen molar-refractivity contribution in [2.75, 3.05) is 0 Å². The van der Waals surface area contributed by atoms with Crippen LogP contribution in [0.3, 0.4) is 0 Å². The van der Waals surface area contributed by atoms with Gasteiger partial charge in [0.1, 0.15) is 0 Å². The van der Waals surface area contributed by atoms with E-state index in [9.17, 15) is 9.59 Å². The van der Waals surface area contributed by atoms with Crippen molar-refractivity contribution in [2.45, 2.75) is 27.7 Å². The predicted octanol–water partition coefficient (Wildman–Crippen LogP) is 6.44. The Morgan fingerprint density at radius 2 is 1.44 bits per heavy atom. The molecule has 5 nitrogen and oxygen atoms in total. The Morgan fingerprint density at radius 1 is 0.906 bits per heavy atom. The zero-order chi connectivity index (χ0) is 23.8. The van der Waals surface area contributed by atoms with E-state index in [1.807, 2.05) is 56.3 Å². The van der Waals surface area contributed by atoms with E-state index >= 15 is 0 Å². The molecule has 4 rings (SSSR count). The molecule has 2 aromatic carbocycles. The number of pyridine rings is 2. The third-order valence-electron chi connectivity index (χ3n) is 4.88. The minimum atomic E-state index is 0.0701. The molecule has 0 amide bonds. The molecule has 1 radical (unpaired) electrons. The zero-order valence-corrected chi connectivity index (χ0v) is 20.7. The van der Waals surface area contributed by atoms with Gasteiger partial charge in [0.15, 0.2) is 11.6 Å². The third kappa shape index (κ3) is 5.96. The fraction of sp³-hybridized carbons (Fsp3) is 0.167. The number of aryl methyl sites for hydroxylation is 2. The topological polar surface area (TPSA) is 72.3 Å². The molecule has 2 aromatic heterocycles. The van der Waals surface area contributed by atoms with Gasteiger partial charge in [-0.2, -0.15) is 0 Å². The summed E-state index contributed by atoms with van der Waals surface area (Å²) in [6.07, 6.45) is 3.49. The summed E-state index contributed by atoms with van der Waals surface area (Å²) in [4.78, 5) is 31.3. The predicted molar refractivity (Wildman–Crippen MR) is 138 cm³/mol. The van der Waals surface area contributed by atoms with Crippen LogP contribution in [0.25, 0.3) is 21.8 Å². The molecule has 0 aliphatic heterocycles. The number of nitrogens with zero attached hydrogens (tertiary/aromatic N) is 3. The number of halogens is 1. The van der Waals surface area contributed by atoms with Crippen LogP contribution in [0.2, 0.25) is 0 Å². The van der Waals surface area contributed by atoms with Gasteiger partial charge >= 0.3 is 24.8 Å². The number of hydrogen-bond donors (Lipinski definition) is 1. The molecule has 4 aromatic rings. The van der Waals surface area contributed by atoms with E-state index < -0.39 is 0 Å². The van der Waals surface area contributed by atoms with Crippen molar-refractivity contribution in [3.8, 4) is 0 Å². The first kappa shape index (κ1) is 25.6. The van der Waals surface area contributed by atoms with Crippen molar-refractivity contribution < 1.29 is 9.59 Å². The normalized spacial score (nSPS) is 9.91. The Bertz CT molecular complexity index is 1310. The summed E-state index contributed by atoms with van der Waals surface area (Å²) < 4.78 is 3.61. The van der Waals surface area contributed by atoms with Crippen LogP contribution in [-0.2, 0) is 0 Å². The number of carbonyl (C=O) groups excluding carboxylic acids is 2. The van der Waals surface area contributed by atoms with Gasteiger partial charge in [0.2, 0.25) is 0 Å². The molecule has 0 aliphatic carbocycles. The number of fused-ring (bicyclic) bond motifs is 2. The van der Waals surface area contributed by atoms with Crippen LogP contribution in [0.4, 0.5) is 0 Å². The second-order valence-electron chi connectivity index (χ2n) is 6.97. The van der Waals surface area contributed by atoms with Gasteiger partial charge in [0.05, 0.1) is 11.0 Å². The quantitative estimate of drug-likeness (QED) is 0.193. The summed E-state index contributed by atoms with van der Waals surface area (Å²) in [5, 5.41) is 2.12. The van der Waals surface area contributed by atoms with Gasteiger partial charge in [-0.05, 0) is 57.0 Å². The maximum atomic E-state index is 11.4. The van der Waals surface area contributed by atoms with Crippen LogP contribution in [0.5, 0.6) is 0 Å². The molecule has 0 saturated heterocycles. The molecule has 8 heteroatoms. The molecule has 2 heterocycles. The summed E-state index contributed by atoms with van der Waals surface area (Å²) in [6.45, 7) is 7.02. The number of rotatable bonds is 2. The van der Waals surface area contributed by atoms with Gasteiger partial charge in [-0.1, -0.05) is 40.2 Å². The van der Waals surface area contributed by atoms with Crippen molar-refractivity contribution in [1.82, 2.24) is 9.97 Å². The standard InChI is InChI=1S/C12H10BrNO.C12H11NO.BHNS/c1-7-10(8(2)15)6-11(13)9-4-3-5-14-12(7)9;1-8-11(9(2)14)6-5-10-4-3-7-13-12(8)10;1-2-3/h3-6H,1-2H3;3-7H,1-2H3;3H. The van der Waals surface area contributed by atoms with E-state index in [0.717, 1.165) is 48.5 Å². The van der Waals surface area contributed by atoms with E-state index in [1.165, 1.54) is 0 Å². The number of hydrogen-bond acceptors (Lipinski definition) is 6. The molecule has 0 aliphatic rings. The Labute approximate surface area is 202 Å². The first-order valence-corrected chi connectivity index (χ1v) is 10.9. The van der Waals surface area contributed by atoms with Gasteiger partial charge in [-0.3, -0.25) is 19.6 Å². The number of carbonyl (C=O) groups is 2. The Kier molecular flexibility index (Phi) is 9.41. The summed E-state index contributed by atoms with van der Waals surface area (Å²) in [7, 11) is 4.34. The molecular weight excluding hydrogens is 485 g/mol. The number of ketones is 2. The first-order valence-electron chi connectivity index (χ1n) is 9.67. The molecule has 0 bridgehead atoms. The monoisotopic (exact) mass is 506 g/mol. The van der Waals surface area contributed by atoms with E-state index in [1.54, 1.807) is 26.2 Å². The Balaban J connectivity index is 0.000000203. The van der Waals surface area contributed by atoms with Crippen LogP contribution in [0.15, 0.2) is 63.6 Å². The maximum absolute atomic E-state index is 11.4. The average molecular weight is 507 g/mol. The Morgan fingerprint density at radius 3 is 2.03 bits per heavy atom. The Hall–Kier alpha value is -2.71. The van der Waals surface area contributed by atoms with Crippen LogP contribution >= 0.6 is 28.7 Å². The minimum absolute atomic E-state index is 0.0701. The van der Waals surface area contributed by atoms with Gasteiger partial charge in [-0.25, -0.2) is 0 Å². The molecular formula is C24H22BBrN3O2S. The van der Waals surface area contributed by atoms with Crippen molar-refractivity contribution in [3.05, 3.63) is 81.6 Å². The van der Waals surface area contributed by atoms with Crippen LogP contribution in [-0.4, -0.2) is 29.2 Å². The van der Waals surface area contributed by atoms with Crippen LogP contribution in [0.1, 0.15) is 45.7 Å². The van der Waals surface area contributed by atoms with E-state index in [2.05, 4.69) is 50.7 Å². The van der Waals surface area contributed by atoms with Crippen molar-refractivity contribution in [1.29, 1.82) is 0 Å². The van der Waals surface area contributed by atoms with Gasteiger partial charge < -0.3 is 0 Å². The second kappa shape index (κ2) is 11.8. The second-order valence-corrected chi connectivity index (χ2v) is 8.06. The zero-order valence-electron chi connectivity index (χ0n) is 18.3. The summed E-state index contributed by atoms with van der Waals surface area (Å²) >= 11 is 6.65. The molecule has 0 fully saturated rings. The van der Waals surface area contributed by atoms with Crippen molar-refractivity contribution >= 4 is 69.8 Å². The van der Waals surface area contributed by atoms with Crippen LogP contribution in [0, 0.1) is 13.8 Å². The first-order chi connectivity index (χ1) is 15.2. The van der Waals surface area contributed by atoms with Gasteiger partial charge in [0.25, 0.3) is 0 Å². The van der Waals surface area contributed by atoms with E-state index in [4.69, 9.17) is 0 Å². The molecule has 0 unspecified atom stereocenters. The molecule has 0 saturated carbocycles. The van der Waals surface area contributed by atoms with Gasteiger partial charge in [-0.15, -0.1) is 0 Å². The van der Waals surface area contributed by atoms with Crippen molar-refractivity contribution in [3.63, 3.8) is 0 Å². The fourth-order valence-corrected chi connectivity index (χ4v) is 3.92. The van der Waals surface area contributed by atoms with Crippen molar-refractivity contribution in [2.24, 2.45) is 4.30 Å². The SMILES string of the molecule is CC(=O)c1cc(Br)c2cccnc2c1C.CC(=O)c1ccc2cccnc2c1C.[B]=NS. The number of benzene rings is 2. The molecule has 32 heavy (non-hydrogen) atoms. The number of aromatic nitrogens is 2. The van der Waals surface area contributed by atoms with E-state index in [0.29, 0.717) is 0 Å². The van der Waals surface area contributed by atoms with Crippen LogP contribution < -0.4 is 0 Å². The average Bonchev–Trinajstić information content (AvgIpc) is 2.77. The summed E-state index contributed by atoms with van der Waals surface area (Å²) in [5.74, 6) is 0.163. The summed E-state index contributed by atoms with van der Waals surface area (Å²) in [5.41, 5.74) is 5.21. The summed E-state index contributed by atoms with van der Waals surface area (Å²) in [6, 6.07) is 13.4. The molecule has 0 atom stereocenters. The fourth-order valence-electron chi connectivity index (χ4n) is 3.38.